The van der Waals surface area contributed by atoms with Gasteiger partial charge in [0.15, 0.2) is 0 Å². The third-order valence-electron chi connectivity index (χ3n) is 10.3. The Labute approximate surface area is 175 Å². The van der Waals surface area contributed by atoms with Gasteiger partial charge in [-0.1, -0.05) is 65.5 Å². The Hall–Kier alpha value is -0.300. The van der Waals surface area contributed by atoms with Gasteiger partial charge in [-0.05, 0) is 97.7 Å². The molecule has 0 aromatic rings. The summed E-state index contributed by atoms with van der Waals surface area (Å²) in [5.41, 5.74) is 9.18. The van der Waals surface area contributed by atoms with E-state index in [1.54, 1.807) is 5.57 Å². The molecule has 1 nitrogen and oxygen atoms in total. The highest BCUT2D eigenvalue weighted by Gasteiger charge is 2.58. The lowest BCUT2D eigenvalue weighted by atomic mass is 9.47. The quantitative estimate of drug-likeness (QED) is 0.492. The maximum atomic E-state index is 6.34. The normalized spacial score (nSPS) is 46.5. The molecule has 0 aromatic heterocycles. The molecule has 1 unspecified atom stereocenters. The average Bonchev–Trinajstić information content (AvgIpc) is 2.99. The molecule has 8 atom stereocenters. The van der Waals surface area contributed by atoms with Crippen molar-refractivity contribution >= 4 is 0 Å². The Kier molecular flexibility index (Phi) is 5.80. The number of hydrogen-bond donors (Lipinski definition) is 1. The smallest absolute Gasteiger partial charge is 0.00766 e. The van der Waals surface area contributed by atoms with Crippen LogP contribution >= 0.6 is 0 Å². The van der Waals surface area contributed by atoms with Gasteiger partial charge in [-0.3, -0.25) is 0 Å². The van der Waals surface area contributed by atoms with Crippen molar-refractivity contribution in [3.63, 3.8) is 0 Å². The number of nitrogens with two attached hydrogens (primary N) is 1. The van der Waals surface area contributed by atoms with Crippen molar-refractivity contribution in [2.75, 3.05) is 0 Å². The number of rotatable bonds is 5. The van der Waals surface area contributed by atoms with Gasteiger partial charge in [-0.2, -0.15) is 0 Å². The molecule has 0 aromatic carbocycles. The zero-order valence-corrected chi connectivity index (χ0v) is 19.5. The summed E-state index contributed by atoms with van der Waals surface area (Å²) in [4.78, 5) is 0. The van der Waals surface area contributed by atoms with Crippen molar-refractivity contribution < 1.29 is 0 Å². The number of fused-ring (bicyclic) bond motifs is 5. The minimum atomic E-state index is 0.423. The van der Waals surface area contributed by atoms with Crippen molar-refractivity contribution in [2.24, 2.45) is 52.1 Å². The topological polar surface area (TPSA) is 26.0 Å². The lowest BCUT2D eigenvalue weighted by Gasteiger charge is -2.58. The van der Waals surface area contributed by atoms with Crippen LogP contribution in [0.5, 0.6) is 0 Å². The molecule has 0 amide bonds. The first-order valence-corrected chi connectivity index (χ1v) is 12.7. The second-order valence-electron chi connectivity index (χ2n) is 12.3. The maximum absolute atomic E-state index is 6.34. The zero-order chi connectivity index (χ0) is 20.1. The average molecular weight is 386 g/mol. The summed E-state index contributed by atoms with van der Waals surface area (Å²) >= 11 is 0. The molecule has 4 aliphatic carbocycles. The molecule has 1 heteroatoms. The second-order valence-corrected chi connectivity index (χ2v) is 12.3. The van der Waals surface area contributed by atoms with E-state index in [-0.39, 0.29) is 0 Å². The van der Waals surface area contributed by atoms with Crippen LogP contribution in [0.3, 0.4) is 0 Å². The van der Waals surface area contributed by atoms with Gasteiger partial charge in [0.05, 0.1) is 0 Å². The highest BCUT2D eigenvalue weighted by molar-refractivity contribution is 5.25. The Morgan fingerprint density at radius 2 is 1.79 bits per heavy atom. The lowest BCUT2D eigenvalue weighted by molar-refractivity contribution is -0.0508. The number of hydrogen-bond acceptors (Lipinski definition) is 1. The van der Waals surface area contributed by atoms with E-state index in [1.807, 2.05) is 0 Å². The summed E-state index contributed by atoms with van der Waals surface area (Å²) in [5.74, 6) is 5.63. The molecule has 28 heavy (non-hydrogen) atoms. The molecule has 3 fully saturated rings. The molecular weight excluding hydrogens is 338 g/mol. The largest absolute Gasteiger partial charge is 0.327 e. The highest BCUT2D eigenvalue weighted by atomic mass is 14.7. The Morgan fingerprint density at radius 3 is 2.54 bits per heavy atom. The Morgan fingerprint density at radius 1 is 1.00 bits per heavy atom. The molecule has 0 bridgehead atoms. The van der Waals surface area contributed by atoms with E-state index < -0.39 is 0 Å². The fourth-order valence-corrected chi connectivity index (χ4v) is 8.71. The van der Waals surface area contributed by atoms with Crippen LogP contribution in [0.2, 0.25) is 0 Å². The van der Waals surface area contributed by atoms with E-state index in [0.717, 1.165) is 35.5 Å². The molecule has 160 valence electrons. The molecule has 0 heterocycles. The second kappa shape index (κ2) is 7.75. The van der Waals surface area contributed by atoms with E-state index >= 15 is 0 Å². The summed E-state index contributed by atoms with van der Waals surface area (Å²) in [5, 5.41) is 0. The molecule has 0 saturated heterocycles. The first kappa shape index (κ1) is 21.0. The monoisotopic (exact) mass is 385 g/mol. The Balaban J connectivity index is 1.49. The van der Waals surface area contributed by atoms with E-state index in [9.17, 15) is 0 Å². The molecule has 2 N–H and O–H groups in total. The summed E-state index contributed by atoms with van der Waals surface area (Å²) in [6, 6.07) is 0.423. The molecule has 4 rings (SSSR count). The molecule has 4 aliphatic rings. The van der Waals surface area contributed by atoms with Crippen LogP contribution in [0.15, 0.2) is 11.6 Å². The van der Waals surface area contributed by atoms with Gasteiger partial charge < -0.3 is 5.73 Å². The van der Waals surface area contributed by atoms with Gasteiger partial charge in [-0.15, -0.1) is 0 Å². The minimum Gasteiger partial charge on any atom is -0.327 e. The van der Waals surface area contributed by atoms with Gasteiger partial charge >= 0.3 is 0 Å². The van der Waals surface area contributed by atoms with Gasteiger partial charge in [0.2, 0.25) is 0 Å². The standard InChI is InChI=1S/C27H47N/c1-18(2)7-6-8-19(3)23-11-12-24-22-10-9-20-17-21(28)13-15-26(20,4)25(22)14-16-27(23,24)5/h9,18-19,21-25H,6-8,10-17,28H2,1-5H3/t19?,21-,22+,23-,24+,25+,26+,27-/m1/s1. The van der Waals surface area contributed by atoms with Crippen molar-refractivity contribution in [2.45, 2.75) is 111 Å². The maximum Gasteiger partial charge on any atom is 0.00766 e. The fraction of sp³-hybridized carbons (Fsp3) is 0.926. The highest BCUT2D eigenvalue weighted by Crippen LogP contribution is 2.67. The lowest BCUT2D eigenvalue weighted by Crippen LogP contribution is -2.51. The predicted molar refractivity (Wildman–Crippen MR) is 121 cm³/mol. The first-order valence-electron chi connectivity index (χ1n) is 12.7. The molecular formula is C27H47N. The summed E-state index contributed by atoms with van der Waals surface area (Å²) in [6.45, 7) is 12.7. The molecule has 0 spiro atoms. The van der Waals surface area contributed by atoms with Crippen LogP contribution in [0.25, 0.3) is 0 Å². The third-order valence-corrected chi connectivity index (χ3v) is 10.3. The van der Waals surface area contributed by atoms with Gasteiger partial charge in [0.1, 0.15) is 0 Å². The fourth-order valence-electron chi connectivity index (χ4n) is 8.71. The zero-order valence-electron chi connectivity index (χ0n) is 19.5. The molecule has 0 aliphatic heterocycles. The van der Waals surface area contributed by atoms with Gasteiger partial charge in [-0.25, -0.2) is 0 Å². The molecule has 0 radical (unpaired) electrons. The summed E-state index contributed by atoms with van der Waals surface area (Å²) in [6.07, 6.45) is 18.1. The van der Waals surface area contributed by atoms with Gasteiger partial charge in [0, 0.05) is 6.04 Å². The van der Waals surface area contributed by atoms with Crippen LogP contribution in [0.4, 0.5) is 0 Å². The van der Waals surface area contributed by atoms with E-state index in [4.69, 9.17) is 5.73 Å². The summed E-state index contributed by atoms with van der Waals surface area (Å²) in [7, 11) is 0. The van der Waals surface area contributed by atoms with E-state index in [2.05, 4.69) is 40.7 Å². The number of allylic oxidation sites excluding steroid dienone is 1. The Bertz CT molecular complexity index is 591. The third kappa shape index (κ3) is 3.42. The minimum absolute atomic E-state index is 0.423. The summed E-state index contributed by atoms with van der Waals surface area (Å²) < 4.78 is 0. The molecule has 3 saturated carbocycles. The van der Waals surface area contributed by atoms with Crippen molar-refractivity contribution in [1.82, 2.24) is 0 Å². The van der Waals surface area contributed by atoms with Crippen LogP contribution in [0, 0.1) is 46.3 Å². The van der Waals surface area contributed by atoms with Crippen molar-refractivity contribution in [1.29, 1.82) is 0 Å². The van der Waals surface area contributed by atoms with Crippen LogP contribution < -0.4 is 5.73 Å². The van der Waals surface area contributed by atoms with Crippen molar-refractivity contribution in [3.8, 4) is 0 Å². The van der Waals surface area contributed by atoms with Gasteiger partial charge in [0.25, 0.3) is 0 Å². The van der Waals surface area contributed by atoms with Crippen LogP contribution in [-0.4, -0.2) is 6.04 Å². The van der Waals surface area contributed by atoms with Crippen LogP contribution in [-0.2, 0) is 0 Å². The van der Waals surface area contributed by atoms with Crippen LogP contribution in [0.1, 0.15) is 105 Å². The predicted octanol–water partition coefficient (Wildman–Crippen LogP) is 7.36. The van der Waals surface area contributed by atoms with Crippen molar-refractivity contribution in [3.05, 3.63) is 11.6 Å². The van der Waals surface area contributed by atoms with E-state index in [1.165, 1.54) is 70.6 Å². The SMILES string of the molecule is CC(C)CCCC(C)[C@H]1CC[C@H]2[C@@H]3CC=C4C[C@H](N)CC[C@]4(C)[C@H]3CC[C@]12C. The van der Waals surface area contributed by atoms with E-state index in [0.29, 0.717) is 16.9 Å². The first-order chi connectivity index (χ1) is 13.3.